The zero-order valence-electron chi connectivity index (χ0n) is 23.7. The first-order chi connectivity index (χ1) is 18.4. The molecule has 0 N–H and O–H groups in total. The van der Waals surface area contributed by atoms with E-state index in [1.165, 1.54) is 82.4 Å². The number of allylic oxidation sites excluding steroid dienone is 8. The Hall–Kier alpha value is -2.31. The van der Waals surface area contributed by atoms with Crippen molar-refractivity contribution >= 4 is 14.9 Å². The molecule has 1 atom stereocenters. The Kier molecular flexibility index (Phi) is 11.3. The molecule has 3 heteroatoms. The van der Waals surface area contributed by atoms with Crippen molar-refractivity contribution in [1.82, 2.24) is 0 Å². The number of halogens is 2. The minimum atomic E-state index is 0. The summed E-state index contributed by atoms with van der Waals surface area (Å²) < 4.78 is 1.42. The summed E-state index contributed by atoms with van der Waals surface area (Å²) in [6.07, 6.45) is 16.3. The molecule has 0 aromatic heterocycles. The van der Waals surface area contributed by atoms with Gasteiger partial charge in [0.2, 0.25) is 0 Å². The van der Waals surface area contributed by atoms with Gasteiger partial charge in [0, 0.05) is 0 Å². The van der Waals surface area contributed by atoms with Crippen LogP contribution in [0.1, 0.15) is 57.2 Å². The van der Waals surface area contributed by atoms with Crippen LogP contribution in [0.5, 0.6) is 0 Å². The van der Waals surface area contributed by atoms with E-state index < -0.39 is 0 Å². The van der Waals surface area contributed by atoms with Crippen LogP contribution in [0.15, 0.2) is 125 Å². The van der Waals surface area contributed by atoms with Gasteiger partial charge in [0.05, 0.1) is 0 Å². The van der Waals surface area contributed by atoms with Crippen LogP contribution in [0.25, 0.3) is 11.6 Å². The second-order valence-electron chi connectivity index (χ2n) is 10.5. The first kappa shape index (κ1) is 32.2. The summed E-state index contributed by atoms with van der Waals surface area (Å²) in [5.41, 5.74) is 11.3. The van der Waals surface area contributed by atoms with Gasteiger partial charge >= 0.3 is 99.2 Å². The van der Waals surface area contributed by atoms with Gasteiger partial charge in [-0.15, -0.1) is 33.7 Å². The van der Waals surface area contributed by atoms with Crippen molar-refractivity contribution in [3.63, 3.8) is 0 Å². The third-order valence-electron chi connectivity index (χ3n) is 7.97. The topological polar surface area (TPSA) is 0 Å². The van der Waals surface area contributed by atoms with Gasteiger partial charge in [-0.1, -0.05) is 79.5 Å². The molecule has 0 heterocycles. The van der Waals surface area contributed by atoms with Crippen LogP contribution >= 0.6 is 0 Å². The molecule has 3 aliphatic carbocycles. The number of hydrogen-bond donors (Lipinski definition) is 0. The summed E-state index contributed by atoms with van der Waals surface area (Å²) in [5, 5.41) is 2.63. The van der Waals surface area contributed by atoms with E-state index in [4.69, 9.17) is 0 Å². The molecule has 0 spiro atoms. The first-order valence-electron chi connectivity index (χ1n) is 13.7. The zero-order valence-corrected chi connectivity index (χ0v) is 27.7. The van der Waals surface area contributed by atoms with Crippen molar-refractivity contribution in [1.29, 1.82) is 0 Å². The van der Waals surface area contributed by atoms with Gasteiger partial charge in [-0.25, -0.2) is 0 Å². The Labute approximate surface area is 267 Å². The molecule has 0 fully saturated rings. The fourth-order valence-corrected chi connectivity index (χ4v) is 6.60. The molecule has 3 aromatic carbocycles. The Morgan fingerprint density at radius 2 is 1.52 bits per heavy atom. The molecule has 3 aliphatic rings. The van der Waals surface area contributed by atoms with E-state index in [2.05, 4.69) is 137 Å². The average molecular weight is 642 g/mol. The Morgan fingerprint density at radius 1 is 0.900 bits per heavy atom. The quantitative estimate of drug-likeness (QED) is 0.371. The molecule has 3 aromatic rings. The molecule has 0 radical (unpaired) electrons. The van der Waals surface area contributed by atoms with Crippen LogP contribution < -0.4 is 35.3 Å². The summed E-state index contributed by atoms with van der Waals surface area (Å²) in [6, 6.07) is 28.0. The van der Waals surface area contributed by atoms with E-state index in [1.54, 1.807) is 0 Å². The van der Waals surface area contributed by atoms with Crippen LogP contribution in [-0.2, 0) is 30.7 Å². The van der Waals surface area contributed by atoms with E-state index in [0.717, 1.165) is 19.3 Å². The predicted octanol–water partition coefficient (Wildman–Crippen LogP) is 1.44. The van der Waals surface area contributed by atoms with Gasteiger partial charge in [-0.2, -0.15) is 0 Å². The molecule has 202 valence electrons. The van der Waals surface area contributed by atoms with Gasteiger partial charge in [0.25, 0.3) is 0 Å². The SMILES string of the molecule is CCc1ccc2c(c1)=[C-]C1=C(C3=CC=CC3)C(C)(CC)C=C(C)C=21.[Cl-].[Cl-].[Zr+2]=[C](c1ccccc1)c1ccccc1. The van der Waals surface area contributed by atoms with E-state index in [1.807, 2.05) is 0 Å². The second kappa shape index (κ2) is 14.0. The minimum absolute atomic E-state index is 0. The van der Waals surface area contributed by atoms with Crippen molar-refractivity contribution in [2.24, 2.45) is 5.41 Å². The fourth-order valence-electron chi connectivity index (χ4n) is 5.78. The van der Waals surface area contributed by atoms with E-state index in [-0.39, 0.29) is 30.2 Å². The third-order valence-corrected chi connectivity index (χ3v) is 9.39. The molecule has 0 saturated heterocycles. The first-order valence-corrected chi connectivity index (χ1v) is 15.0. The average Bonchev–Trinajstić information content (AvgIpc) is 3.62. The van der Waals surface area contributed by atoms with Crippen molar-refractivity contribution in [2.45, 2.75) is 47.0 Å². The van der Waals surface area contributed by atoms with Gasteiger partial charge in [-0.3, -0.25) is 0 Å². The van der Waals surface area contributed by atoms with Gasteiger partial charge in [0.1, 0.15) is 0 Å². The van der Waals surface area contributed by atoms with Crippen molar-refractivity contribution in [3.05, 3.63) is 153 Å². The molecule has 40 heavy (non-hydrogen) atoms. The van der Waals surface area contributed by atoms with E-state index >= 15 is 0 Å². The van der Waals surface area contributed by atoms with Gasteiger partial charge in [-0.05, 0) is 31.6 Å². The normalized spacial score (nSPS) is 18.2. The van der Waals surface area contributed by atoms with Crippen LogP contribution in [0.2, 0.25) is 0 Å². The summed E-state index contributed by atoms with van der Waals surface area (Å²) >= 11 is 1.46. The maximum absolute atomic E-state index is 3.79. The van der Waals surface area contributed by atoms with E-state index in [0.29, 0.717) is 0 Å². The van der Waals surface area contributed by atoms with Crippen LogP contribution in [-0.4, -0.2) is 3.21 Å². The molecule has 1 unspecified atom stereocenters. The summed E-state index contributed by atoms with van der Waals surface area (Å²) in [7, 11) is 0. The number of benzene rings is 3. The van der Waals surface area contributed by atoms with E-state index in [9.17, 15) is 0 Å². The van der Waals surface area contributed by atoms with Crippen LogP contribution in [0, 0.1) is 5.41 Å². The molecule has 0 nitrogen and oxygen atoms in total. The second-order valence-corrected chi connectivity index (χ2v) is 11.7. The predicted molar refractivity (Wildman–Crippen MR) is 159 cm³/mol. The standard InChI is InChI=1S/C24H25.C13H10.2ClH.Zr/c1-5-17-11-12-20-19(13-17)14-21-22(20)16(3)15-24(4,6-2)23(21)18-9-7-8-10-18;1-3-7-12(8-4-1)11-13-9-5-2-6-10-13;;;/h7-9,11-13,15H,5-6,10H2,1-4H3;1-10H;2*1H;/q-1;;;;+2/p-2. The van der Waals surface area contributed by atoms with Crippen molar-refractivity contribution in [2.75, 3.05) is 0 Å². The molecular weight excluding hydrogens is 607 g/mol. The van der Waals surface area contributed by atoms with Gasteiger partial charge in [0.15, 0.2) is 0 Å². The summed E-state index contributed by atoms with van der Waals surface area (Å²) in [6.45, 7) is 9.17. The van der Waals surface area contributed by atoms with Crippen molar-refractivity contribution in [3.8, 4) is 0 Å². The monoisotopic (exact) mass is 639 g/mol. The third kappa shape index (κ3) is 6.44. The fraction of sp³-hybridized carbons (Fsp3) is 0.216. The number of fused-ring (bicyclic) bond motifs is 2. The Bertz CT molecular complexity index is 1580. The molecule has 0 bridgehead atoms. The Balaban J connectivity index is 0.000000238. The molecule has 0 saturated carbocycles. The summed E-state index contributed by atoms with van der Waals surface area (Å²) in [5.74, 6) is 0. The Morgan fingerprint density at radius 3 is 2.05 bits per heavy atom. The van der Waals surface area contributed by atoms with Gasteiger partial charge < -0.3 is 24.8 Å². The number of aryl methyl sites for hydroxylation is 1. The summed E-state index contributed by atoms with van der Waals surface area (Å²) in [4.78, 5) is 0. The molecular formula is C37H35Cl2Zr-. The number of rotatable bonds is 5. The molecule has 6 rings (SSSR count). The number of hydrogen-bond acceptors (Lipinski definition) is 0. The van der Waals surface area contributed by atoms with Crippen molar-refractivity contribution < 1.29 is 49.0 Å². The zero-order chi connectivity index (χ0) is 26.7. The van der Waals surface area contributed by atoms with Crippen LogP contribution in [0.3, 0.4) is 0 Å². The van der Waals surface area contributed by atoms with Crippen LogP contribution in [0.4, 0.5) is 0 Å². The molecule has 0 amide bonds. The molecule has 0 aliphatic heterocycles. The maximum atomic E-state index is 3.79.